The first kappa shape index (κ1) is 13.3. The average molecular weight is 266 g/mol. The minimum Gasteiger partial charge on any atom is -0.507 e. The van der Waals surface area contributed by atoms with Crippen molar-refractivity contribution in [1.29, 1.82) is 0 Å². The van der Waals surface area contributed by atoms with Gasteiger partial charge in [0.15, 0.2) is 0 Å². The molecular weight excluding hydrogens is 256 g/mol. The number of anilines is 1. The molecule has 0 fully saturated rings. The van der Waals surface area contributed by atoms with E-state index in [1.54, 1.807) is 24.3 Å². The van der Waals surface area contributed by atoms with Crippen molar-refractivity contribution in [3.8, 4) is 18.1 Å². The molecule has 0 atom stereocenters. The minimum absolute atomic E-state index is 0.0341. The number of phenols is 1. The lowest BCUT2D eigenvalue weighted by Gasteiger charge is -2.07. The molecule has 2 aromatic carbocycles. The summed E-state index contributed by atoms with van der Waals surface area (Å²) in [6, 6.07) is 10.5. The van der Waals surface area contributed by atoms with Crippen LogP contribution >= 0.6 is 0 Å². The summed E-state index contributed by atoms with van der Waals surface area (Å²) in [6.45, 7) is 0. The molecule has 0 aliphatic heterocycles. The van der Waals surface area contributed by atoms with Crippen LogP contribution in [-0.2, 0) is 0 Å². The van der Waals surface area contributed by atoms with Crippen LogP contribution in [0.4, 0.5) is 11.4 Å². The van der Waals surface area contributed by atoms with Gasteiger partial charge in [-0.05, 0) is 41.6 Å². The second-order valence-corrected chi connectivity index (χ2v) is 3.97. The Morgan fingerprint density at radius 2 is 2.05 bits per heavy atom. The predicted molar refractivity (Wildman–Crippen MR) is 75.9 cm³/mol. The Bertz CT molecular complexity index is 717. The first-order chi connectivity index (χ1) is 9.63. The van der Waals surface area contributed by atoms with E-state index in [2.05, 4.69) is 16.4 Å². The van der Waals surface area contributed by atoms with E-state index in [0.29, 0.717) is 11.3 Å². The van der Waals surface area contributed by atoms with Gasteiger partial charge in [-0.15, -0.1) is 11.3 Å². The van der Waals surface area contributed by atoms with Crippen molar-refractivity contribution < 1.29 is 9.90 Å². The lowest BCUT2D eigenvalue weighted by atomic mass is 10.1. The van der Waals surface area contributed by atoms with Crippen molar-refractivity contribution >= 4 is 17.3 Å². The number of benzene rings is 2. The van der Waals surface area contributed by atoms with Gasteiger partial charge in [-0.2, -0.15) is 0 Å². The lowest BCUT2D eigenvalue weighted by molar-refractivity contribution is 0.102. The van der Waals surface area contributed by atoms with Gasteiger partial charge in [-0.3, -0.25) is 4.79 Å². The highest BCUT2D eigenvalue weighted by atomic mass is 16.3. The molecule has 0 spiro atoms. The summed E-state index contributed by atoms with van der Waals surface area (Å²) >= 11 is 0. The SMILES string of the molecule is C#Cc1cccc(NC(=O)c2cc(N=O)ccc2O)c1. The molecule has 2 N–H and O–H groups in total. The van der Waals surface area contributed by atoms with Gasteiger partial charge in [0.2, 0.25) is 0 Å². The van der Waals surface area contributed by atoms with Crippen LogP contribution in [0, 0.1) is 17.3 Å². The molecule has 1 amide bonds. The van der Waals surface area contributed by atoms with Gasteiger partial charge < -0.3 is 10.4 Å². The molecule has 0 saturated heterocycles. The Balaban J connectivity index is 2.28. The largest absolute Gasteiger partial charge is 0.507 e. The van der Waals surface area contributed by atoms with E-state index < -0.39 is 5.91 Å². The fourth-order valence-electron chi connectivity index (χ4n) is 1.65. The molecule has 5 heteroatoms. The average Bonchev–Trinajstić information content (AvgIpc) is 2.47. The highest BCUT2D eigenvalue weighted by Gasteiger charge is 2.12. The maximum atomic E-state index is 12.0. The zero-order chi connectivity index (χ0) is 14.5. The number of nitroso groups, excluding NO2 is 1. The Hall–Kier alpha value is -3.13. The van der Waals surface area contributed by atoms with Crippen LogP contribution < -0.4 is 5.32 Å². The van der Waals surface area contributed by atoms with Crippen molar-refractivity contribution in [2.45, 2.75) is 0 Å². The van der Waals surface area contributed by atoms with Crippen molar-refractivity contribution in [1.82, 2.24) is 0 Å². The Kier molecular flexibility index (Phi) is 3.77. The maximum absolute atomic E-state index is 12.0. The zero-order valence-corrected chi connectivity index (χ0v) is 10.3. The number of nitrogens with zero attached hydrogens (tertiary/aromatic N) is 1. The molecule has 20 heavy (non-hydrogen) atoms. The molecule has 0 aliphatic rings. The number of aromatic hydroxyl groups is 1. The van der Waals surface area contributed by atoms with E-state index in [9.17, 15) is 14.8 Å². The molecule has 0 bridgehead atoms. The molecule has 0 saturated carbocycles. The number of nitrogens with one attached hydrogen (secondary N) is 1. The number of carbonyl (C=O) groups is 1. The summed E-state index contributed by atoms with van der Waals surface area (Å²) in [5.41, 5.74) is 1.14. The fourth-order valence-corrected chi connectivity index (χ4v) is 1.65. The molecular formula is C15H10N2O3. The Morgan fingerprint density at radius 3 is 2.75 bits per heavy atom. The first-order valence-electron chi connectivity index (χ1n) is 5.68. The maximum Gasteiger partial charge on any atom is 0.259 e. The zero-order valence-electron chi connectivity index (χ0n) is 10.3. The normalized spacial score (nSPS) is 9.55. The number of hydrogen-bond donors (Lipinski definition) is 2. The van der Waals surface area contributed by atoms with Crippen molar-refractivity contribution in [3.63, 3.8) is 0 Å². The Labute approximate surface area is 115 Å². The first-order valence-corrected chi connectivity index (χ1v) is 5.68. The van der Waals surface area contributed by atoms with Gasteiger partial charge in [-0.25, -0.2) is 0 Å². The molecule has 2 rings (SSSR count). The van der Waals surface area contributed by atoms with Crippen molar-refractivity contribution in [2.75, 3.05) is 5.32 Å². The number of amides is 1. The van der Waals surface area contributed by atoms with Gasteiger partial charge in [0.1, 0.15) is 11.4 Å². The highest BCUT2D eigenvalue weighted by molar-refractivity contribution is 6.06. The van der Waals surface area contributed by atoms with Crippen LogP contribution in [0.1, 0.15) is 15.9 Å². The van der Waals surface area contributed by atoms with Crippen LogP contribution in [0.2, 0.25) is 0 Å². The number of rotatable bonds is 3. The van der Waals surface area contributed by atoms with Gasteiger partial charge in [0.05, 0.1) is 5.56 Å². The molecule has 98 valence electrons. The summed E-state index contributed by atoms with van der Waals surface area (Å²) < 4.78 is 0. The third kappa shape index (κ3) is 2.82. The molecule has 0 aromatic heterocycles. The number of phenolic OH excluding ortho intramolecular Hbond substituents is 1. The molecule has 0 aliphatic carbocycles. The van der Waals surface area contributed by atoms with Gasteiger partial charge in [0.25, 0.3) is 5.91 Å². The van der Waals surface area contributed by atoms with E-state index in [4.69, 9.17) is 6.42 Å². The second kappa shape index (κ2) is 5.67. The van der Waals surface area contributed by atoms with Crippen LogP contribution in [0.15, 0.2) is 47.6 Å². The predicted octanol–water partition coefficient (Wildman–Crippen LogP) is 3.02. The van der Waals surface area contributed by atoms with Crippen LogP contribution in [0.3, 0.4) is 0 Å². The molecule has 0 radical (unpaired) electrons. The fraction of sp³-hybridized carbons (Fsp3) is 0. The van der Waals surface area contributed by atoms with Crippen LogP contribution in [0.25, 0.3) is 0 Å². The van der Waals surface area contributed by atoms with Gasteiger partial charge in [0, 0.05) is 11.3 Å². The lowest BCUT2D eigenvalue weighted by Crippen LogP contribution is -2.12. The molecule has 5 nitrogen and oxygen atoms in total. The summed E-state index contributed by atoms with van der Waals surface area (Å²) in [5, 5.41) is 15.0. The van der Waals surface area contributed by atoms with E-state index >= 15 is 0 Å². The Morgan fingerprint density at radius 1 is 1.25 bits per heavy atom. The monoisotopic (exact) mass is 266 g/mol. The number of carbonyl (C=O) groups excluding carboxylic acids is 1. The number of terminal acetylenes is 1. The summed E-state index contributed by atoms with van der Waals surface area (Å²) in [5.74, 6) is 1.67. The van der Waals surface area contributed by atoms with E-state index in [1.807, 2.05) is 0 Å². The summed E-state index contributed by atoms with van der Waals surface area (Å²) in [7, 11) is 0. The third-order valence-electron chi connectivity index (χ3n) is 2.62. The van der Waals surface area contributed by atoms with Crippen molar-refractivity contribution in [2.24, 2.45) is 5.18 Å². The summed E-state index contributed by atoms with van der Waals surface area (Å²) in [6.07, 6.45) is 5.27. The third-order valence-corrected chi connectivity index (χ3v) is 2.62. The quantitative estimate of drug-likeness (QED) is 0.662. The van der Waals surface area contributed by atoms with Crippen LogP contribution in [-0.4, -0.2) is 11.0 Å². The smallest absolute Gasteiger partial charge is 0.259 e. The van der Waals surface area contributed by atoms with Crippen molar-refractivity contribution in [3.05, 3.63) is 58.5 Å². The second-order valence-electron chi connectivity index (χ2n) is 3.97. The number of hydrogen-bond acceptors (Lipinski definition) is 4. The topological polar surface area (TPSA) is 78.8 Å². The van der Waals surface area contributed by atoms with E-state index in [0.717, 1.165) is 0 Å². The highest BCUT2D eigenvalue weighted by Crippen LogP contribution is 2.24. The van der Waals surface area contributed by atoms with Crippen LogP contribution in [0.5, 0.6) is 5.75 Å². The standard InChI is InChI=1S/C15H10N2O3/c1-2-10-4-3-5-11(8-10)16-15(19)13-9-12(17-20)6-7-14(13)18/h1,3-9,18H,(H,16,19). The summed E-state index contributed by atoms with van der Waals surface area (Å²) in [4.78, 5) is 22.5. The van der Waals surface area contributed by atoms with Gasteiger partial charge >= 0.3 is 0 Å². The molecule has 0 heterocycles. The van der Waals surface area contributed by atoms with E-state index in [-0.39, 0.29) is 17.0 Å². The van der Waals surface area contributed by atoms with E-state index in [1.165, 1.54) is 18.2 Å². The molecule has 0 unspecified atom stereocenters. The van der Waals surface area contributed by atoms with Gasteiger partial charge in [-0.1, -0.05) is 12.0 Å². The molecule has 2 aromatic rings. The minimum atomic E-state index is -0.554.